The van der Waals surface area contributed by atoms with Crippen molar-refractivity contribution in [2.75, 3.05) is 11.1 Å². The zero-order valence-electron chi connectivity index (χ0n) is 10.9. The van der Waals surface area contributed by atoms with Gasteiger partial charge < -0.3 is 9.88 Å². The molecule has 0 bridgehead atoms. The maximum Gasteiger partial charge on any atom is 0.264 e. The van der Waals surface area contributed by atoms with Crippen LogP contribution < -0.4 is 10.9 Å². The highest BCUT2D eigenvalue weighted by Gasteiger charge is 2.13. The minimum atomic E-state index is -0.128. The number of aromatic nitrogens is 1. The third-order valence-electron chi connectivity index (χ3n) is 2.06. The zero-order valence-corrected chi connectivity index (χ0v) is 13.3. The van der Waals surface area contributed by atoms with E-state index in [2.05, 4.69) is 42.0 Å². The maximum absolute atomic E-state index is 11.7. The van der Waals surface area contributed by atoms with Crippen molar-refractivity contribution in [2.24, 2.45) is 7.05 Å². The molecule has 0 fully saturated rings. The van der Waals surface area contributed by atoms with Gasteiger partial charge in [-0.25, -0.2) is 0 Å². The van der Waals surface area contributed by atoms with Gasteiger partial charge in [-0.1, -0.05) is 20.8 Å². The average Bonchev–Trinajstić information content (AvgIpc) is 2.22. The molecule has 0 aliphatic heterocycles. The smallest absolute Gasteiger partial charge is 0.264 e. The van der Waals surface area contributed by atoms with Gasteiger partial charge in [0.15, 0.2) is 0 Å². The molecule has 0 saturated carbocycles. The van der Waals surface area contributed by atoms with Crippen molar-refractivity contribution in [1.29, 1.82) is 0 Å². The third kappa shape index (κ3) is 4.86. The molecule has 1 aromatic rings. The Bertz CT molecular complexity index is 480. The summed E-state index contributed by atoms with van der Waals surface area (Å²) in [7, 11) is 1.65. The van der Waals surface area contributed by atoms with Crippen molar-refractivity contribution < 1.29 is 4.79 Å². The van der Waals surface area contributed by atoms with Gasteiger partial charge >= 0.3 is 0 Å². The SMILES string of the molecule is Cn1cc(NC(=O)CSC(C)(C)C)cc(Br)c1=O. The molecule has 18 heavy (non-hydrogen) atoms. The summed E-state index contributed by atoms with van der Waals surface area (Å²) in [4.78, 5) is 23.2. The van der Waals surface area contributed by atoms with Crippen LogP contribution in [0.3, 0.4) is 0 Å². The van der Waals surface area contributed by atoms with Crippen LogP contribution in [0.25, 0.3) is 0 Å². The number of carbonyl (C=O) groups is 1. The van der Waals surface area contributed by atoms with E-state index >= 15 is 0 Å². The third-order valence-corrected chi connectivity index (χ3v) is 3.90. The quantitative estimate of drug-likeness (QED) is 0.925. The molecule has 100 valence electrons. The van der Waals surface area contributed by atoms with Gasteiger partial charge in [0.2, 0.25) is 5.91 Å². The summed E-state index contributed by atoms with van der Waals surface area (Å²) in [5.74, 6) is 0.324. The van der Waals surface area contributed by atoms with E-state index in [1.165, 1.54) is 4.57 Å². The van der Waals surface area contributed by atoms with Gasteiger partial charge in [-0.2, -0.15) is 0 Å². The second-order valence-corrected chi connectivity index (χ2v) is 7.60. The Balaban J connectivity index is 2.68. The first-order valence-corrected chi connectivity index (χ1v) is 7.27. The summed E-state index contributed by atoms with van der Waals surface area (Å²) in [6.07, 6.45) is 1.60. The molecule has 0 aliphatic carbocycles. The molecule has 4 nitrogen and oxygen atoms in total. The number of anilines is 1. The topological polar surface area (TPSA) is 51.1 Å². The Hall–Kier alpha value is -0.750. The van der Waals surface area contributed by atoms with E-state index in [1.807, 2.05) is 0 Å². The molecule has 0 atom stereocenters. The van der Waals surface area contributed by atoms with Crippen molar-refractivity contribution in [3.05, 3.63) is 27.1 Å². The van der Waals surface area contributed by atoms with Crippen LogP contribution in [0.1, 0.15) is 20.8 Å². The second kappa shape index (κ2) is 5.93. The van der Waals surface area contributed by atoms with Crippen LogP contribution in [-0.2, 0) is 11.8 Å². The van der Waals surface area contributed by atoms with Crippen LogP contribution in [0, 0.1) is 0 Å². The Kier molecular flexibility index (Phi) is 5.04. The summed E-state index contributed by atoms with van der Waals surface area (Å²) in [6.45, 7) is 6.19. The molecule has 1 N–H and O–H groups in total. The molecule has 1 amide bonds. The maximum atomic E-state index is 11.7. The molecular weight excluding hydrogens is 316 g/mol. The number of nitrogens with zero attached hydrogens (tertiary/aromatic N) is 1. The predicted octanol–water partition coefficient (Wildman–Crippen LogP) is 2.62. The number of carbonyl (C=O) groups excluding carboxylic acids is 1. The van der Waals surface area contributed by atoms with Gasteiger partial charge in [0.05, 0.1) is 15.9 Å². The van der Waals surface area contributed by atoms with Crippen LogP contribution in [0.2, 0.25) is 0 Å². The fourth-order valence-electron chi connectivity index (χ4n) is 1.22. The molecular formula is C12H17BrN2O2S. The highest BCUT2D eigenvalue weighted by Crippen LogP contribution is 2.23. The van der Waals surface area contributed by atoms with Gasteiger partial charge in [-0.15, -0.1) is 11.8 Å². The fourth-order valence-corrected chi connectivity index (χ4v) is 2.38. The molecule has 0 radical (unpaired) electrons. The minimum absolute atomic E-state index is 0.0570. The number of nitrogens with one attached hydrogen (secondary N) is 1. The second-order valence-electron chi connectivity index (χ2n) is 4.94. The van der Waals surface area contributed by atoms with Gasteiger partial charge in [0.1, 0.15) is 0 Å². The Morgan fingerprint density at radius 1 is 1.50 bits per heavy atom. The standard InChI is InChI=1S/C12H17BrN2O2S/c1-12(2,3)18-7-10(16)14-8-5-9(13)11(17)15(4)6-8/h5-6H,7H2,1-4H3,(H,14,16). The molecule has 1 aromatic heterocycles. The van der Waals surface area contributed by atoms with Gasteiger partial charge in [0, 0.05) is 18.0 Å². The first kappa shape index (κ1) is 15.3. The molecule has 1 heterocycles. The highest BCUT2D eigenvalue weighted by atomic mass is 79.9. The lowest BCUT2D eigenvalue weighted by atomic mass is 10.3. The van der Waals surface area contributed by atoms with Crippen LogP contribution >= 0.6 is 27.7 Å². The predicted molar refractivity (Wildman–Crippen MR) is 80.2 cm³/mol. The molecule has 0 unspecified atom stereocenters. The van der Waals surface area contributed by atoms with Crippen LogP contribution in [0.5, 0.6) is 0 Å². The number of pyridine rings is 1. The number of aryl methyl sites for hydroxylation is 1. The summed E-state index contributed by atoms with van der Waals surface area (Å²) in [5, 5.41) is 2.77. The minimum Gasteiger partial charge on any atom is -0.324 e. The molecule has 0 aromatic carbocycles. The average molecular weight is 333 g/mol. The molecule has 0 saturated heterocycles. The van der Waals surface area contributed by atoms with Crippen molar-refractivity contribution in [1.82, 2.24) is 4.57 Å². The molecule has 0 aliphatic rings. The van der Waals surface area contributed by atoms with E-state index < -0.39 is 0 Å². The van der Waals surface area contributed by atoms with E-state index in [-0.39, 0.29) is 16.2 Å². The van der Waals surface area contributed by atoms with Crippen molar-refractivity contribution in [2.45, 2.75) is 25.5 Å². The summed E-state index contributed by atoms with van der Waals surface area (Å²) in [6, 6.07) is 1.61. The zero-order chi connectivity index (χ0) is 13.9. The normalized spacial score (nSPS) is 11.4. The summed E-state index contributed by atoms with van der Waals surface area (Å²) in [5.41, 5.74) is 0.487. The number of hydrogen-bond acceptors (Lipinski definition) is 3. The Morgan fingerprint density at radius 2 is 2.11 bits per heavy atom. The lowest BCUT2D eigenvalue weighted by molar-refractivity contribution is -0.113. The lowest BCUT2D eigenvalue weighted by Crippen LogP contribution is -2.22. The van der Waals surface area contributed by atoms with Crippen LogP contribution in [0.4, 0.5) is 5.69 Å². The fraction of sp³-hybridized carbons (Fsp3) is 0.500. The van der Waals surface area contributed by atoms with Crippen LogP contribution in [-0.4, -0.2) is 21.0 Å². The van der Waals surface area contributed by atoms with E-state index in [0.29, 0.717) is 15.9 Å². The van der Waals surface area contributed by atoms with Crippen molar-refractivity contribution in [3.8, 4) is 0 Å². The van der Waals surface area contributed by atoms with Crippen molar-refractivity contribution in [3.63, 3.8) is 0 Å². The van der Waals surface area contributed by atoms with E-state index in [4.69, 9.17) is 0 Å². The van der Waals surface area contributed by atoms with Gasteiger partial charge in [-0.3, -0.25) is 9.59 Å². The Morgan fingerprint density at radius 3 is 2.61 bits per heavy atom. The highest BCUT2D eigenvalue weighted by molar-refractivity contribution is 9.10. The molecule has 6 heteroatoms. The molecule has 0 spiro atoms. The van der Waals surface area contributed by atoms with E-state index in [1.54, 1.807) is 31.1 Å². The van der Waals surface area contributed by atoms with Crippen LogP contribution in [0.15, 0.2) is 21.5 Å². The number of halogens is 1. The van der Waals surface area contributed by atoms with Gasteiger partial charge in [-0.05, 0) is 22.0 Å². The number of rotatable bonds is 3. The van der Waals surface area contributed by atoms with Gasteiger partial charge in [0.25, 0.3) is 5.56 Å². The number of thioether (sulfide) groups is 1. The Labute approximate surface area is 119 Å². The van der Waals surface area contributed by atoms with E-state index in [9.17, 15) is 9.59 Å². The summed E-state index contributed by atoms with van der Waals surface area (Å²) < 4.78 is 1.92. The van der Waals surface area contributed by atoms with Crippen molar-refractivity contribution >= 4 is 39.3 Å². The summed E-state index contributed by atoms with van der Waals surface area (Å²) >= 11 is 4.75. The lowest BCUT2D eigenvalue weighted by Gasteiger charge is -2.17. The molecule has 1 rings (SSSR count). The number of amides is 1. The first-order chi connectivity index (χ1) is 8.19. The number of hydrogen-bond donors (Lipinski definition) is 1. The largest absolute Gasteiger partial charge is 0.324 e. The van der Waals surface area contributed by atoms with E-state index in [0.717, 1.165) is 0 Å². The monoisotopic (exact) mass is 332 g/mol. The first-order valence-electron chi connectivity index (χ1n) is 5.49.